The van der Waals surface area contributed by atoms with Gasteiger partial charge in [0.15, 0.2) is 11.8 Å². The largest absolute Gasteiger partial charge is 0.492 e. The fourth-order valence-electron chi connectivity index (χ4n) is 3.13. The Balaban J connectivity index is 0.00000280. The number of hydrogen-bond donors (Lipinski definition) is 2. The minimum atomic E-state index is 0. The molecule has 154 valence electrons. The quantitative estimate of drug-likeness (QED) is 0.266. The predicted octanol–water partition coefficient (Wildman–Crippen LogP) is 3.07. The molecule has 1 aromatic carbocycles. The molecule has 0 aliphatic carbocycles. The molecular weight excluding hydrogens is 467 g/mol. The number of fused-ring (bicyclic) bond motifs is 1. The summed E-state index contributed by atoms with van der Waals surface area (Å²) < 4.78 is 7.99. The van der Waals surface area contributed by atoms with Gasteiger partial charge in [0.1, 0.15) is 24.7 Å². The van der Waals surface area contributed by atoms with E-state index >= 15 is 0 Å². The zero-order valence-corrected chi connectivity index (χ0v) is 19.1. The van der Waals surface area contributed by atoms with E-state index in [1.165, 1.54) is 24.8 Å². The van der Waals surface area contributed by atoms with Gasteiger partial charge in [-0.05, 0) is 38.8 Å². The number of guanidine groups is 1. The summed E-state index contributed by atoms with van der Waals surface area (Å²) in [4.78, 5) is 4.67. The van der Waals surface area contributed by atoms with Crippen molar-refractivity contribution in [1.29, 1.82) is 0 Å². The van der Waals surface area contributed by atoms with Crippen LogP contribution < -0.4 is 15.4 Å². The lowest BCUT2D eigenvalue weighted by Gasteiger charge is -2.12. The highest BCUT2D eigenvalue weighted by Gasteiger charge is 2.14. The number of nitrogens with zero attached hydrogens (tertiary/aromatic N) is 4. The molecule has 2 aromatic rings. The third kappa shape index (κ3) is 6.65. The summed E-state index contributed by atoms with van der Waals surface area (Å²) in [6.45, 7) is 7.72. The lowest BCUT2D eigenvalue weighted by Crippen LogP contribution is -2.39. The molecular formula is C20H31IN6O. The third-order valence-corrected chi connectivity index (χ3v) is 4.59. The van der Waals surface area contributed by atoms with Crippen molar-refractivity contribution in [2.24, 2.45) is 4.99 Å². The molecule has 0 saturated carbocycles. The Hall–Kier alpha value is -1.84. The second-order valence-electron chi connectivity index (χ2n) is 6.78. The van der Waals surface area contributed by atoms with E-state index in [-0.39, 0.29) is 24.0 Å². The van der Waals surface area contributed by atoms with Crippen LogP contribution in [0.1, 0.15) is 43.4 Å². The first-order valence-corrected chi connectivity index (χ1v) is 9.89. The van der Waals surface area contributed by atoms with Crippen LogP contribution in [0.15, 0.2) is 29.3 Å². The second kappa shape index (κ2) is 11.9. The lowest BCUT2D eigenvalue weighted by molar-refractivity contribution is 0.322. The highest BCUT2D eigenvalue weighted by molar-refractivity contribution is 14.0. The van der Waals surface area contributed by atoms with E-state index in [4.69, 9.17) is 4.74 Å². The van der Waals surface area contributed by atoms with E-state index in [9.17, 15) is 0 Å². The molecule has 3 rings (SSSR count). The molecule has 1 aliphatic heterocycles. The van der Waals surface area contributed by atoms with Crippen LogP contribution in [0.5, 0.6) is 5.75 Å². The van der Waals surface area contributed by atoms with E-state index in [1.807, 2.05) is 12.1 Å². The summed E-state index contributed by atoms with van der Waals surface area (Å²) in [5, 5.41) is 15.3. The molecule has 28 heavy (non-hydrogen) atoms. The van der Waals surface area contributed by atoms with Gasteiger partial charge < -0.3 is 19.9 Å². The van der Waals surface area contributed by atoms with Crippen molar-refractivity contribution in [2.45, 2.75) is 52.6 Å². The first-order valence-electron chi connectivity index (χ1n) is 9.89. The van der Waals surface area contributed by atoms with Crippen molar-refractivity contribution in [2.75, 3.05) is 19.7 Å². The molecule has 0 bridgehead atoms. The molecule has 0 spiro atoms. The summed E-state index contributed by atoms with van der Waals surface area (Å²) in [5.74, 6) is 3.70. The topological polar surface area (TPSA) is 76.4 Å². The third-order valence-electron chi connectivity index (χ3n) is 4.59. The van der Waals surface area contributed by atoms with Crippen molar-refractivity contribution in [3.63, 3.8) is 0 Å². The maximum Gasteiger partial charge on any atom is 0.191 e. The number of hydrogen-bond acceptors (Lipinski definition) is 4. The molecule has 0 unspecified atom stereocenters. The Morgan fingerprint density at radius 2 is 1.96 bits per heavy atom. The van der Waals surface area contributed by atoms with Crippen molar-refractivity contribution < 1.29 is 4.74 Å². The Morgan fingerprint density at radius 3 is 2.75 bits per heavy atom. The van der Waals surface area contributed by atoms with Gasteiger partial charge in [0.25, 0.3) is 0 Å². The zero-order valence-electron chi connectivity index (χ0n) is 16.8. The van der Waals surface area contributed by atoms with Crippen LogP contribution >= 0.6 is 24.0 Å². The average molecular weight is 498 g/mol. The van der Waals surface area contributed by atoms with Gasteiger partial charge in [-0.3, -0.25) is 0 Å². The molecule has 0 fully saturated rings. The molecule has 0 radical (unpaired) electrons. The normalized spacial score (nSPS) is 13.9. The lowest BCUT2D eigenvalue weighted by atomic mass is 10.2. The van der Waals surface area contributed by atoms with Crippen molar-refractivity contribution >= 4 is 29.9 Å². The van der Waals surface area contributed by atoms with Crippen LogP contribution in [0.25, 0.3) is 0 Å². The summed E-state index contributed by atoms with van der Waals surface area (Å²) in [6.07, 6.45) is 4.67. The Kier molecular flexibility index (Phi) is 9.52. The van der Waals surface area contributed by atoms with Gasteiger partial charge in [-0.15, -0.1) is 34.2 Å². The van der Waals surface area contributed by atoms with Crippen LogP contribution in [0.3, 0.4) is 0 Å². The average Bonchev–Trinajstić information content (AvgIpc) is 2.91. The molecule has 1 aromatic heterocycles. The molecule has 0 atom stereocenters. The fourth-order valence-corrected chi connectivity index (χ4v) is 3.13. The van der Waals surface area contributed by atoms with Gasteiger partial charge in [0.2, 0.25) is 0 Å². The van der Waals surface area contributed by atoms with Gasteiger partial charge >= 0.3 is 0 Å². The first-order chi connectivity index (χ1) is 13.3. The van der Waals surface area contributed by atoms with E-state index in [2.05, 4.69) is 56.4 Å². The van der Waals surface area contributed by atoms with Crippen LogP contribution in [0, 0.1) is 6.92 Å². The van der Waals surface area contributed by atoms with Gasteiger partial charge in [-0.2, -0.15) is 0 Å². The van der Waals surface area contributed by atoms with Crippen molar-refractivity contribution in [3.05, 3.63) is 41.5 Å². The monoisotopic (exact) mass is 498 g/mol. The number of aryl methyl sites for hydroxylation is 2. The summed E-state index contributed by atoms with van der Waals surface area (Å²) >= 11 is 0. The number of aromatic nitrogens is 3. The maximum absolute atomic E-state index is 5.76. The number of nitrogens with one attached hydrogen (secondary N) is 2. The van der Waals surface area contributed by atoms with E-state index < -0.39 is 0 Å². The first kappa shape index (κ1) is 22.4. The van der Waals surface area contributed by atoms with E-state index in [1.54, 1.807) is 0 Å². The Labute approximate surface area is 184 Å². The van der Waals surface area contributed by atoms with Crippen LogP contribution in [-0.4, -0.2) is 40.4 Å². The number of ether oxygens (including phenoxy) is 1. The van der Waals surface area contributed by atoms with E-state index in [0.717, 1.165) is 42.9 Å². The maximum atomic E-state index is 5.76. The zero-order chi connectivity index (χ0) is 18.9. The summed E-state index contributed by atoms with van der Waals surface area (Å²) in [6, 6.07) is 8.09. The standard InChI is InChI=1S/C20H30N6O.HI/c1-3-21-20(22-12-14-27-17-10-8-16(2)9-11-17)23-15-19-25-24-18-7-5-4-6-13-26(18)19;/h8-11H,3-7,12-15H2,1-2H3,(H2,21,22,23);1H. The number of rotatable bonds is 7. The smallest absolute Gasteiger partial charge is 0.191 e. The molecule has 2 N–H and O–H groups in total. The molecule has 1 aliphatic rings. The van der Waals surface area contributed by atoms with Crippen LogP contribution in [-0.2, 0) is 19.5 Å². The van der Waals surface area contributed by atoms with Gasteiger partial charge in [0.05, 0.1) is 6.54 Å². The number of halogens is 1. The molecule has 2 heterocycles. The minimum absolute atomic E-state index is 0. The van der Waals surface area contributed by atoms with Crippen LogP contribution in [0.2, 0.25) is 0 Å². The minimum Gasteiger partial charge on any atom is -0.492 e. The Morgan fingerprint density at radius 1 is 1.14 bits per heavy atom. The molecule has 7 nitrogen and oxygen atoms in total. The Bertz CT molecular complexity index is 744. The van der Waals surface area contributed by atoms with Gasteiger partial charge in [-0.25, -0.2) is 4.99 Å². The number of benzene rings is 1. The molecule has 0 amide bonds. The van der Waals surface area contributed by atoms with E-state index in [0.29, 0.717) is 19.7 Å². The molecule has 0 saturated heterocycles. The van der Waals surface area contributed by atoms with Gasteiger partial charge in [-0.1, -0.05) is 24.1 Å². The highest BCUT2D eigenvalue weighted by Crippen LogP contribution is 2.15. The summed E-state index contributed by atoms with van der Waals surface area (Å²) in [5.41, 5.74) is 1.23. The highest BCUT2D eigenvalue weighted by atomic mass is 127. The summed E-state index contributed by atoms with van der Waals surface area (Å²) in [7, 11) is 0. The molecule has 8 heteroatoms. The van der Waals surface area contributed by atoms with Crippen molar-refractivity contribution in [3.8, 4) is 5.75 Å². The predicted molar refractivity (Wildman–Crippen MR) is 122 cm³/mol. The van der Waals surface area contributed by atoms with Gasteiger partial charge in [0, 0.05) is 19.5 Å². The second-order valence-corrected chi connectivity index (χ2v) is 6.78. The van der Waals surface area contributed by atoms with Crippen molar-refractivity contribution in [1.82, 2.24) is 25.4 Å². The number of aliphatic imine (C=N–C) groups is 1. The van der Waals surface area contributed by atoms with Crippen LogP contribution in [0.4, 0.5) is 0 Å². The fraction of sp³-hybridized carbons (Fsp3) is 0.550. The SMILES string of the molecule is CCNC(=NCc1nnc2n1CCCCC2)NCCOc1ccc(C)cc1.I.